The molecule has 0 radical (unpaired) electrons. The quantitative estimate of drug-likeness (QED) is 0.790. The average Bonchev–Trinajstić information content (AvgIpc) is 3.09. The van der Waals surface area contributed by atoms with Crippen LogP contribution in [-0.2, 0) is 16.0 Å². The predicted octanol–water partition coefficient (Wildman–Crippen LogP) is 1.35. The Morgan fingerprint density at radius 3 is 2.78 bits per heavy atom. The second kappa shape index (κ2) is 6.68. The monoisotopic (exact) mass is 320 g/mol. The Bertz CT molecular complexity index is 582. The molecule has 2 heterocycles. The van der Waals surface area contributed by atoms with Crippen LogP contribution < -0.4 is 0 Å². The first-order chi connectivity index (χ1) is 11.1. The van der Waals surface area contributed by atoms with E-state index in [1.54, 1.807) is 6.92 Å². The molecule has 1 aromatic rings. The fraction of sp³-hybridized carbons (Fsp3) is 0.750. The van der Waals surface area contributed by atoms with Crippen LogP contribution in [0, 0.1) is 0 Å². The van der Waals surface area contributed by atoms with Crippen molar-refractivity contribution in [3.8, 4) is 0 Å². The Morgan fingerprint density at radius 1 is 1.35 bits per heavy atom. The first-order valence-corrected chi connectivity index (χ1v) is 8.46. The summed E-state index contributed by atoms with van der Waals surface area (Å²) in [6, 6.07) is 0.0952. The largest absolute Gasteiger partial charge is 0.341 e. The maximum Gasteiger partial charge on any atom is 0.229 e. The third kappa shape index (κ3) is 3.71. The first-order valence-electron chi connectivity index (χ1n) is 8.46. The number of carbonyl (C=O) groups excluding carboxylic acids is 2. The van der Waals surface area contributed by atoms with Crippen LogP contribution in [0.5, 0.6) is 0 Å². The topological polar surface area (TPSA) is 79.5 Å². The summed E-state index contributed by atoms with van der Waals surface area (Å²) >= 11 is 0. The third-order valence-corrected chi connectivity index (χ3v) is 4.65. The summed E-state index contributed by atoms with van der Waals surface area (Å²) in [5, 5.41) is 4.00. The molecule has 1 saturated carbocycles. The number of hydrogen-bond donors (Lipinski definition) is 0. The van der Waals surface area contributed by atoms with E-state index in [0.717, 1.165) is 31.7 Å². The van der Waals surface area contributed by atoms with Crippen LogP contribution in [-0.4, -0.2) is 57.4 Å². The van der Waals surface area contributed by atoms with E-state index in [0.29, 0.717) is 37.7 Å². The lowest BCUT2D eigenvalue weighted by molar-refractivity contribution is -0.133. The minimum absolute atomic E-state index is 0.0340. The van der Waals surface area contributed by atoms with E-state index < -0.39 is 0 Å². The lowest BCUT2D eigenvalue weighted by Crippen LogP contribution is -2.42. The van der Waals surface area contributed by atoms with Gasteiger partial charge >= 0.3 is 0 Å². The predicted molar refractivity (Wildman–Crippen MR) is 82.6 cm³/mol. The van der Waals surface area contributed by atoms with E-state index >= 15 is 0 Å². The summed E-state index contributed by atoms with van der Waals surface area (Å²) in [5.74, 6) is 2.03. The van der Waals surface area contributed by atoms with Crippen molar-refractivity contribution in [1.82, 2.24) is 19.9 Å². The molecule has 23 heavy (non-hydrogen) atoms. The van der Waals surface area contributed by atoms with Gasteiger partial charge in [0.25, 0.3) is 0 Å². The Balaban J connectivity index is 1.56. The molecule has 7 heteroatoms. The zero-order chi connectivity index (χ0) is 16.4. The molecule has 2 amide bonds. The minimum Gasteiger partial charge on any atom is -0.341 e. The highest BCUT2D eigenvalue weighted by Crippen LogP contribution is 2.38. The van der Waals surface area contributed by atoms with Gasteiger partial charge in [-0.2, -0.15) is 4.98 Å². The molecule has 0 spiro atoms. The van der Waals surface area contributed by atoms with Crippen LogP contribution in [0.2, 0.25) is 0 Å². The first kappa shape index (κ1) is 16.0. The molecule has 1 atom stereocenters. The van der Waals surface area contributed by atoms with Gasteiger partial charge in [0, 0.05) is 45.3 Å². The number of carbonyl (C=O) groups is 2. The summed E-state index contributed by atoms with van der Waals surface area (Å²) in [5.41, 5.74) is 0. The smallest absolute Gasteiger partial charge is 0.229 e. The van der Waals surface area contributed by atoms with Gasteiger partial charge in [-0.1, -0.05) is 12.1 Å². The molecule has 1 unspecified atom stereocenters. The van der Waals surface area contributed by atoms with Gasteiger partial charge in [-0.05, 0) is 19.3 Å². The third-order valence-electron chi connectivity index (χ3n) is 4.65. The van der Waals surface area contributed by atoms with Crippen molar-refractivity contribution in [3.63, 3.8) is 0 Å². The Kier molecular flexibility index (Phi) is 4.63. The van der Waals surface area contributed by atoms with Crippen molar-refractivity contribution < 1.29 is 14.1 Å². The summed E-state index contributed by atoms with van der Waals surface area (Å²) in [6.07, 6.45) is 4.20. The zero-order valence-corrected chi connectivity index (χ0v) is 13.8. The maximum atomic E-state index is 12.0. The van der Waals surface area contributed by atoms with E-state index in [9.17, 15) is 9.59 Å². The molecular weight excluding hydrogens is 296 g/mol. The van der Waals surface area contributed by atoms with Crippen LogP contribution in [0.3, 0.4) is 0 Å². The van der Waals surface area contributed by atoms with Crippen molar-refractivity contribution >= 4 is 11.8 Å². The molecule has 0 N–H and O–H groups in total. The summed E-state index contributed by atoms with van der Waals surface area (Å²) in [6.45, 7) is 5.38. The van der Waals surface area contributed by atoms with Gasteiger partial charge in [0.05, 0.1) is 6.04 Å². The maximum absolute atomic E-state index is 12.0. The van der Waals surface area contributed by atoms with Gasteiger partial charge < -0.3 is 14.3 Å². The lowest BCUT2D eigenvalue weighted by atomic mass is 10.2. The highest BCUT2D eigenvalue weighted by Gasteiger charge is 2.32. The number of nitrogens with zero attached hydrogens (tertiary/aromatic N) is 4. The molecule has 2 fully saturated rings. The number of likely N-dealkylation sites (tertiary alicyclic amines) is 1. The van der Waals surface area contributed by atoms with Gasteiger partial charge in [-0.15, -0.1) is 0 Å². The summed E-state index contributed by atoms with van der Waals surface area (Å²) in [7, 11) is 0. The van der Waals surface area contributed by atoms with Gasteiger partial charge in [0.2, 0.25) is 17.7 Å². The molecule has 7 nitrogen and oxygen atoms in total. The van der Waals surface area contributed by atoms with Crippen molar-refractivity contribution in [2.24, 2.45) is 0 Å². The molecule has 2 aliphatic rings. The molecule has 3 rings (SSSR count). The number of aromatic nitrogens is 2. The number of amides is 2. The lowest BCUT2D eigenvalue weighted by Gasteiger charge is -2.27. The van der Waals surface area contributed by atoms with Gasteiger partial charge in [0.1, 0.15) is 0 Å². The molecule has 1 aromatic heterocycles. The summed E-state index contributed by atoms with van der Waals surface area (Å²) in [4.78, 5) is 31.9. The Hall–Kier alpha value is -1.92. The van der Waals surface area contributed by atoms with E-state index in [1.165, 1.54) is 0 Å². The van der Waals surface area contributed by atoms with E-state index in [4.69, 9.17) is 4.52 Å². The SMILES string of the molecule is CCC(=O)N1CCC(N(CCc2noc(C3CC3)n2)C(C)=O)C1. The second-order valence-corrected chi connectivity index (χ2v) is 6.42. The highest BCUT2D eigenvalue weighted by atomic mass is 16.5. The van der Waals surface area contributed by atoms with Crippen molar-refractivity contribution in [2.45, 2.75) is 57.9 Å². The normalized spacial score (nSPS) is 20.8. The van der Waals surface area contributed by atoms with Gasteiger partial charge in [0.15, 0.2) is 5.82 Å². The van der Waals surface area contributed by atoms with Gasteiger partial charge in [-0.25, -0.2) is 0 Å². The molecule has 1 aliphatic heterocycles. The van der Waals surface area contributed by atoms with Crippen LogP contribution in [0.1, 0.15) is 57.2 Å². The van der Waals surface area contributed by atoms with Crippen molar-refractivity contribution in [3.05, 3.63) is 11.7 Å². The van der Waals surface area contributed by atoms with E-state index in [2.05, 4.69) is 10.1 Å². The summed E-state index contributed by atoms with van der Waals surface area (Å²) < 4.78 is 5.25. The van der Waals surface area contributed by atoms with Gasteiger partial charge in [-0.3, -0.25) is 9.59 Å². The van der Waals surface area contributed by atoms with Crippen LogP contribution >= 0.6 is 0 Å². The highest BCUT2D eigenvalue weighted by molar-refractivity contribution is 5.77. The Morgan fingerprint density at radius 2 is 2.13 bits per heavy atom. The molecular formula is C16H24N4O3. The second-order valence-electron chi connectivity index (χ2n) is 6.42. The van der Waals surface area contributed by atoms with Crippen LogP contribution in [0.4, 0.5) is 0 Å². The standard InChI is InChI=1S/C16H24N4O3/c1-3-15(22)19-8-6-13(10-19)20(11(2)21)9-7-14-17-16(23-18-14)12-4-5-12/h12-13H,3-10H2,1-2H3. The zero-order valence-electron chi connectivity index (χ0n) is 13.8. The van der Waals surface area contributed by atoms with Crippen LogP contribution in [0.15, 0.2) is 4.52 Å². The van der Waals surface area contributed by atoms with E-state index in [-0.39, 0.29) is 17.9 Å². The fourth-order valence-corrected chi connectivity index (χ4v) is 3.13. The molecule has 1 aliphatic carbocycles. The van der Waals surface area contributed by atoms with Crippen molar-refractivity contribution in [2.75, 3.05) is 19.6 Å². The Labute approximate surface area is 136 Å². The van der Waals surface area contributed by atoms with Crippen LogP contribution in [0.25, 0.3) is 0 Å². The average molecular weight is 320 g/mol. The minimum atomic E-state index is 0.0340. The molecule has 126 valence electrons. The number of rotatable bonds is 6. The molecule has 0 aromatic carbocycles. The van der Waals surface area contributed by atoms with E-state index in [1.807, 2.05) is 16.7 Å². The number of hydrogen-bond acceptors (Lipinski definition) is 5. The molecule has 1 saturated heterocycles. The van der Waals surface area contributed by atoms with Crippen molar-refractivity contribution in [1.29, 1.82) is 0 Å². The fourth-order valence-electron chi connectivity index (χ4n) is 3.13. The molecule has 0 bridgehead atoms.